The zero-order chi connectivity index (χ0) is 14.3. The number of rotatable bonds is 6. The number of hydrogen-bond acceptors (Lipinski definition) is 4. The molecule has 0 radical (unpaired) electrons. The Bertz CT molecular complexity index is 370. The molecule has 1 aliphatic carbocycles. The Morgan fingerprint density at radius 1 is 1.42 bits per heavy atom. The van der Waals surface area contributed by atoms with Gasteiger partial charge in [0.1, 0.15) is 5.41 Å². The number of carbonyl (C=O) groups is 2. The minimum atomic E-state index is -0.915. The topological polar surface area (TPSA) is 82.4 Å². The summed E-state index contributed by atoms with van der Waals surface area (Å²) in [6.45, 7) is 0.832. The number of likely N-dealkylation sites (N-methyl/N-ethyl adjacent to an activating group) is 1. The average Bonchev–Trinajstić information content (AvgIpc) is 2.88. The van der Waals surface area contributed by atoms with Crippen molar-refractivity contribution in [2.75, 3.05) is 33.9 Å². The molecule has 1 fully saturated rings. The maximum absolute atomic E-state index is 12.3. The fourth-order valence-electron chi connectivity index (χ4n) is 2.35. The lowest BCUT2D eigenvalue weighted by atomic mass is 9.86. The van der Waals surface area contributed by atoms with Gasteiger partial charge in [-0.2, -0.15) is 5.26 Å². The molecule has 1 saturated carbocycles. The van der Waals surface area contributed by atoms with Crippen LogP contribution in [0.15, 0.2) is 0 Å². The molecule has 0 aromatic rings. The zero-order valence-electron chi connectivity index (χ0n) is 11.6. The zero-order valence-corrected chi connectivity index (χ0v) is 11.6. The molecular weight excluding hydrogens is 246 g/mol. The van der Waals surface area contributed by atoms with Gasteiger partial charge in [0, 0.05) is 20.7 Å². The van der Waals surface area contributed by atoms with Crippen LogP contribution in [0.25, 0.3) is 0 Å². The molecule has 0 aromatic carbocycles. The first-order chi connectivity index (χ1) is 9.05. The number of nitrogens with one attached hydrogen (secondary N) is 1. The first-order valence-electron chi connectivity index (χ1n) is 6.48. The predicted molar refractivity (Wildman–Crippen MR) is 69.0 cm³/mol. The number of ether oxygens (including phenoxy) is 1. The second-order valence-electron chi connectivity index (χ2n) is 4.90. The number of amides is 2. The van der Waals surface area contributed by atoms with Crippen molar-refractivity contribution < 1.29 is 14.3 Å². The second kappa shape index (κ2) is 7.10. The fraction of sp³-hybridized carbons (Fsp3) is 0.769. The van der Waals surface area contributed by atoms with Crippen LogP contribution < -0.4 is 5.32 Å². The molecule has 0 saturated heterocycles. The smallest absolute Gasteiger partial charge is 0.243 e. The van der Waals surface area contributed by atoms with Gasteiger partial charge in [0.25, 0.3) is 0 Å². The number of nitrogens with zero attached hydrogens (tertiary/aromatic N) is 2. The number of methoxy groups -OCH3 is 1. The summed E-state index contributed by atoms with van der Waals surface area (Å²) < 4.78 is 4.82. The lowest BCUT2D eigenvalue weighted by Gasteiger charge is -2.26. The van der Waals surface area contributed by atoms with Crippen molar-refractivity contribution in [1.29, 1.82) is 5.26 Å². The normalized spacial score (nSPS) is 16.7. The lowest BCUT2D eigenvalue weighted by molar-refractivity contribution is -0.140. The third-order valence-corrected chi connectivity index (χ3v) is 3.44. The van der Waals surface area contributed by atoms with E-state index in [1.165, 1.54) is 4.90 Å². The minimum Gasteiger partial charge on any atom is -0.383 e. The number of carbonyl (C=O) groups excluding carboxylic acids is 2. The van der Waals surface area contributed by atoms with Gasteiger partial charge in [-0.3, -0.25) is 9.59 Å². The van der Waals surface area contributed by atoms with E-state index in [-0.39, 0.29) is 18.4 Å². The maximum Gasteiger partial charge on any atom is 0.243 e. The summed E-state index contributed by atoms with van der Waals surface area (Å²) in [6, 6.07) is 2.14. The fourth-order valence-corrected chi connectivity index (χ4v) is 2.35. The average molecular weight is 267 g/mol. The molecule has 0 spiro atoms. The Morgan fingerprint density at radius 2 is 2.05 bits per heavy atom. The minimum absolute atomic E-state index is 0.0218. The largest absolute Gasteiger partial charge is 0.383 e. The van der Waals surface area contributed by atoms with Crippen LogP contribution in [0, 0.1) is 16.7 Å². The van der Waals surface area contributed by atoms with Gasteiger partial charge < -0.3 is 15.0 Å². The van der Waals surface area contributed by atoms with E-state index in [1.54, 1.807) is 14.2 Å². The summed E-state index contributed by atoms with van der Waals surface area (Å²) in [5.41, 5.74) is -0.915. The molecule has 6 nitrogen and oxygen atoms in total. The highest BCUT2D eigenvalue weighted by Crippen LogP contribution is 2.38. The predicted octanol–water partition coefficient (Wildman–Crippen LogP) is 0.291. The van der Waals surface area contributed by atoms with Gasteiger partial charge in [-0.15, -0.1) is 0 Å². The molecule has 1 N–H and O–H groups in total. The van der Waals surface area contributed by atoms with Crippen LogP contribution in [0.2, 0.25) is 0 Å². The molecule has 19 heavy (non-hydrogen) atoms. The molecule has 0 bridgehead atoms. The molecule has 2 amide bonds. The Balaban J connectivity index is 2.48. The molecule has 6 heteroatoms. The van der Waals surface area contributed by atoms with Gasteiger partial charge in [0.15, 0.2) is 0 Å². The third kappa shape index (κ3) is 3.93. The Morgan fingerprint density at radius 3 is 2.58 bits per heavy atom. The van der Waals surface area contributed by atoms with Crippen LogP contribution in [0.3, 0.4) is 0 Å². The summed E-state index contributed by atoms with van der Waals surface area (Å²) in [4.78, 5) is 25.2. The van der Waals surface area contributed by atoms with Crippen molar-refractivity contribution in [1.82, 2.24) is 10.2 Å². The van der Waals surface area contributed by atoms with E-state index in [0.717, 1.165) is 12.8 Å². The molecular formula is C13H21N3O3. The Hall–Kier alpha value is -1.61. The van der Waals surface area contributed by atoms with E-state index < -0.39 is 5.41 Å². The molecule has 0 atom stereocenters. The summed E-state index contributed by atoms with van der Waals surface area (Å²) in [7, 11) is 3.12. The van der Waals surface area contributed by atoms with Crippen molar-refractivity contribution in [3.05, 3.63) is 0 Å². The Labute approximate surface area is 113 Å². The van der Waals surface area contributed by atoms with Crippen LogP contribution >= 0.6 is 0 Å². The summed E-state index contributed by atoms with van der Waals surface area (Å²) in [5.74, 6) is -0.478. The molecule has 0 aliphatic heterocycles. The highest BCUT2D eigenvalue weighted by atomic mass is 16.5. The van der Waals surface area contributed by atoms with E-state index in [1.807, 2.05) is 0 Å². The van der Waals surface area contributed by atoms with E-state index in [2.05, 4.69) is 11.4 Å². The highest BCUT2D eigenvalue weighted by molar-refractivity contribution is 5.89. The van der Waals surface area contributed by atoms with Crippen molar-refractivity contribution in [2.24, 2.45) is 5.41 Å². The van der Waals surface area contributed by atoms with Gasteiger partial charge in [-0.05, 0) is 12.8 Å². The molecule has 0 heterocycles. The molecule has 106 valence electrons. The van der Waals surface area contributed by atoms with Gasteiger partial charge in [0.05, 0.1) is 19.2 Å². The van der Waals surface area contributed by atoms with Crippen LogP contribution in [-0.4, -0.2) is 50.6 Å². The van der Waals surface area contributed by atoms with Crippen LogP contribution in [-0.2, 0) is 14.3 Å². The molecule has 0 aromatic heterocycles. The SMILES string of the molecule is COCCNC(=O)CN(C)C(=O)C1(C#N)CCCC1. The standard InChI is InChI=1S/C13H21N3O3/c1-16(9-11(17)15-7-8-19-2)12(18)13(10-14)5-3-4-6-13/h3-9H2,1-2H3,(H,15,17). The van der Waals surface area contributed by atoms with Crippen molar-refractivity contribution in [3.8, 4) is 6.07 Å². The van der Waals surface area contributed by atoms with Crippen molar-refractivity contribution in [2.45, 2.75) is 25.7 Å². The lowest BCUT2D eigenvalue weighted by Crippen LogP contribution is -2.45. The van der Waals surface area contributed by atoms with E-state index in [9.17, 15) is 14.9 Å². The first-order valence-corrected chi connectivity index (χ1v) is 6.48. The van der Waals surface area contributed by atoms with Gasteiger partial charge in [0.2, 0.25) is 11.8 Å². The van der Waals surface area contributed by atoms with Crippen LogP contribution in [0.1, 0.15) is 25.7 Å². The first kappa shape index (κ1) is 15.4. The van der Waals surface area contributed by atoms with Gasteiger partial charge in [-0.1, -0.05) is 12.8 Å². The highest BCUT2D eigenvalue weighted by Gasteiger charge is 2.43. The van der Waals surface area contributed by atoms with Gasteiger partial charge in [-0.25, -0.2) is 0 Å². The van der Waals surface area contributed by atoms with Crippen LogP contribution in [0.5, 0.6) is 0 Å². The van der Waals surface area contributed by atoms with Gasteiger partial charge >= 0.3 is 0 Å². The van der Waals surface area contributed by atoms with Crippen LogP contribution in [0.4, 0.5) is 0 Å². The maximum atomic E-state index is 12.3. The quantitative estimate of drug-likeness (QED) is 0.701. The Kier molecular flexibility index (Phi) is 5.77. The van der Waals surface area contributed by atoms with E-state index in [4.69, 9.17) is 4.74 Å². The van der Waals surface area contributed by atoms with E-state index >= 15 is 0 Å². The third-order valence-electron chi connectivity index (χ3n) is 3.44. The summed E-state index contributed by atoms with van der Waals surface area (Å²) >= 11 is 0. The second-order valence-corrected chi connectivity index (χ2v) is 4.90. The monoisotopic (exact) mass is 267 g/mol. The number of nitriles is 1. The van der Waals surface area contributed by atoms with E-state index in [0.29, 0.717) is 26.0 Å². The molecule has 1 rings (SSSR count). The van der Waals surface area contributed by atoms with Crippen molar-refractivity contribution in [3.63, 3.8) is 0 Å². The molecule has 0 unspecified atom stereocenters. The van der Waals surface area contributed by atoms with Crippen molar-refractivity contribution >= 4 is 11.8 Å². The summed E-state index contributed by atoms with van der Waals surface area (Å²) in [6.07, 6.45) is 2.98. The molecule has 1 aliphatic rings. The number of hydrogen-bond donors (Lipinski definition) is 1. The summed E-state index contributed by atoms with van der Waals surface area (Å²) in [5, 5.41) is 11.9.